The quantitative estimate of drug-likeness (QED) is 0.378. The van der Waals surface area contributed by atoms with Crippen molar-refractivity contribution in [2.75, 3.05) is 6.26 Å². The van der Waals surface area contributed by atoms with E-state index >= 15 is 0 Å². The lowest BCUT2D eigenvalue weighted by Gasteiger charge is -2.06. The van der Waals surface area contributed by atoms with Gasteiger partial charge in [0, 0.05) is 6.20 Å². The monoisotopic (exact) mass is 399 g/mol. The highest BCUT2D eigenvalue weighted by Crippen LogP contribution is 2.30. The van der Waals surface area contributed by atoms with Gasteiger partial charge in [0.05, 0.1) is 15.6 Å². The van der Waals surface area contributed by atoms with Crippen LogP contribution in [0.4, 0.5) is 5.69 Å². The Bertz CT molecular complexity index is 955. The molecule has 0 aliphatic rings. The van der Waals surface area contributed by atoms with Crippen LogP contribution in [0.25, 0.3) is 16.2 Å². The summed E-state index contributed by atoms with van der Waals surface area (Å²) in [6, 6.07) is 0. The predicted molar refractivity (Wildman–Crippen MR) is 86.9 cm³/mol. The Morgan fingerprint density at radius 2 is 2.18 bits per heavy atom. The molecular formula is C11H6BrN5O3S2. The second-order valence-electron chi connectivity index (χ2n) is 4.02. The Morgan fingerprint density at radius 3 is 2.86 bits per heavy atom. The van der Waals surface area contributed by atoms with Gasteiger partial charge in [0.1, 0.15) is 11.0 Å². The molecular weight excluding hydrogens is 394 g/mol. The third-order valence-electron chi connectivity index (χ3n) is 2.73. The number of hydrogen-bond donors (Lipinski definition) is 0. The lowest BCUT2D eigenvalue weighted by molar-refractivity contribution is -0.386. The molecule has 0 aliphatic carbocycles. The molecule has 0 N–H and O–H groups in total. The van der Waals surface area contributed by atoms with E-state index in [0.717, 1.165) is 10.5 Å². The van der Waals surface area contributed by atoms with E-state index in [4.69, 9.17) is 0 Å². The topological polar surface area (TPSA) is 104 Å². The molecule has 0 unspecified atom stereocenters. The van der Waals surface area contributed by atoms with Crippen molar-refractivity contribution in [1.29, 1.82) is 0 Å². The zero-order valence-corrected chi connectivity index (χ0v) is 14.1. The number of hydrogen-bond acceptors (Lipinski definition) is 8. The van der Waals surface area contributed by atoms with Crippen LogP contribution >= 0.6 is 39.0 Å². The van der Waals surface area contributed by atoms with Crippen LogP contribution < -0.4 is 5.43 Å². The number of rotatable bonds is 3. The first-order valence-corrected chi connectivity index (χ1v) is 8.56. The summed E-state index contributed by atoms with van der Waals surface area (Å²) in [5.41, 5.74) is -0.701. The van der Waals surface area contributed by atoms with E-state index in [9.17, 15) is 14.9 Å². The highest BCUT2D eigenvalue weighted by Gasteiger charge is 2.19. The summed E-state index contributed by atoms with van der Waals surface area (Å²) in [4.78, 5) is 34.6. The number of aromatic nitrogens is 4. The van der Waals surface area contributed by atoms with Crippen molar-refractivity contribution in [3.05, 3.63) is 43.5 Å². The van der Waals surface area contributed by atoms with Crippen molar-refractivity contribution in [2.24, 2.45) is 0 Å². The number of nitrogens with zero attached hydrogens (tertiary/aromatic N) is 5. The summed E-state index contributed by atoms with van der Waals surface area (Å²) in [6.45, 7) is 0. The second-order valence-corrected chi connectivity index (χ2v) is 6.93. The van der Waals surface area contributed by atoms with Gasteiger partial charge in [-0.25, -0.2) is 15.0 Å². The van der Waals surface area contributed by atoms with Gasteiger partial charge in [0.15, 0.2) is 15.8 Å². The molecule has 0 fully saturated rings. The fourth-order valence-electron chi connectivity index (χ4n) is 1.78. The number of halogens is 1. The van der Waals surface area contributed by atoms with Gasteiger partial charge in [-0.05, 0) is 22.2 Å². The molecule has 3 aromatic rings. The largest absolute Gasteiger partial charge is 0.333 e. The molecule has 0 atom stereocenters. The van der Waals surface area contributed by atoms with Crippen LogP contribution in [0.2, 0.25) is 0 Å². The maximum absolute atomic E-state index is 11.8. The minimum absolute atomic E-state index is 0.0862. The minimum Gasteiger partial charge on any atom is -0.299 e. The summed E-state index contributed by atoms with van der Waals surface area (Å²) < 4.78 is 3.02. The highest BCUT2D eigenvalue weighted by molar-refractivity contribution is 9.10. The van der Waals surface area contributed by atoms with Crippen molar-refractivity contribution < 1.29 is 4.92 Å². The van der Waals surface area contributed by atoms with Crippen LogP contribution in [-0.2, 0) is 0 Å². The second kappa shape index (κ2) is 5.74. The zero-order chi connectivity index (χ0) is 15.9. The van der Waals surface area contributed by atoms with Crippen molar-refractivity contribution in [3.8, 4) is 5.82 Å². The fourth-order valence-corrected chi connectivity index (χ4v) is 3.71. The third-order valence-corrected chi connectivity index (χ3v) is 5.32. The van der Waals surface area contributed by atoms with Gasteiger partial charge in [-0.15, -0.1) is 11.3 Å². The Balaban J connectivity index is 2.30. The molecule has 3 rings (SSSR count). The first-order chi connectivity index (χ1) is 10.5. The van der Waals surface area contributed by atoms with Crippen molar-refractivity contribution in [3.63, 3.8) is 0 Å². The minimum atomic E-state index is -0.720. The normalized spacial score (nSPS) is 11.0. The Kier molecular flexibility index (Phi) is 3.93. The van der Waals surface area contributed by atoms with E-state index < -0.39 is 16.0 Å². The van der Waals surface area contributed by atoms with Gasteiger partial charge in [-0.3, -0.25) is 19.5 Å². The molecule has 0 radical (unpaired) electrons. The van der Waals surface area contributed by atoms with Crippen LogP contribution in [0.5, 0.6) is 0 Å². The molecule has 0 aromatic carbocycles. The zero-order valence-electron chi connectivity index (χ0n) is 10.9. The number of nitro groups is 1. The molecule has 22 heavy (non-hydrogen) atoms. The molecule has 0 bridgehead atoms. The van der Waals surface area contributed by atoms with Gasteiger partial charge in [-0.2, -0.15) is 0 Å². The first-order valence-electron chi connectivity index (χ1n) is 5.73. The third kappa shape index (κ3) is 2.51. The highest BCUT2D eigenvalue weighted by atomic mass is 79.9. The van der Waals surface area contributed by atoms with Crippen molar-refractivity contribution in [1.82, 2.24) is 19.5 Å². The molecule has 3 aromatic heterocycles. The number of fused-ring (bicyclic) bond motifs is 1. The van der Waals surface area contributed by atoms with Crippen LogP contribution in [0, 0.1) is 10.1 Å². The average Bonchev–Trinajstić information content (AvgIpc) is 2.92. The Labute approximate surface area is 139 Å². The first kappa shape index (κ1) is 15.1. The van der Waals surface area contributed by atoms with E-state index in [2.05, 4.69) is 30.9 Å². The average molecular weight is 400 g/mol. The van der Waals surface area contributed by atoms with Crippen LogP contribution in [0.1, 0.15) is 0 Å². The van der Waals surface area contributed by atoms with Gasteiger partial charge < -0.3 is 0 Å². The molecule has 0 saturated heterocycles. The molecule has 8 nitrogen and oxygen atoms in total. The van der Waals surface area contributed by atoms with Crippen molar-refractivity contribution in [2.45, 2.75) is 4.34 Å². The number of thiazole rings is 1. The molecule has 0 aliphatic heterocycles. The summed E-state index contributed by atoms with van der Waals surface area (Å²) in [7, 11) is 0. The lowest BCUT2D eigenvalue weighted by atomic mass is 10.4. The van der Waals surface area contributed by atoms with Crippen LogP contribution in [0.15, 0.2) is 32.3 Å². The van der Waals surface area contributed by atoms with E-state index in [-0.39, 0.29) is 4.47 Å². The molecule has 0 spiro atoms. The van der Waals surface area contributed by atoms with E-state index in [1.807, 2.05) is 6.26 Å². The number of pyridine rings is 1. The molecule has 3 heterocycles. The summed E-state index contributed by atoms with van der Waals surface area (Å²) in [6.07, 6.45) is 5.81. The Morgan fingerprint density at radius 1 is 1.41 bits per heavy atom. The summed E-state index contributed by atoms with van der Waals surface area (Å²) >= 11 is 5.91. The SMILES string of the molecule is CSc1nc2ncnc(-n3cc(Br)c(=O)c([N+](=O)[O-])c3)c2s1. The lowest BCUT2D eigenvalue weighted by Crippen LogP contribution is -2.13. The van der Waals surface area contributed by atoms with Crippen molar-refractivity contribution >= 4 is 55.1 Å². The molecule has 0 amide bonds. The van der Waals surface area contributed by atoms with Crippen LogP contribution in [0.3, 0.4) is 0 Å². The molecule has 0 saturated carbocycles. The van der Waals surface area contributed by atoms with Gasteiger partial charge in [0.25, 0.3) is 5.43 Å². The standard InChI is InChI=1S/C11H6BrN5O3S2/c1-21-11-15-9-8(22-11)10(14-4-13-9)16-2-5(12)7(18)6(3-16)17(19)20/h2-4H,1H3. The van der Waals surface area contributed by atoms with Gasteiger partial charge in [-0.1, -0.05) is 11.8 Å². The smallest absolute Gasteiger partial charge is 0.299 e. The predicted octanol–water partition coefficient (Wildman–Crippen LogP) is 2.63. The molecule has 112 valence electrons. The van der Waals surface area contributed by atoms with Gasteiger partial charge in [0.2, 0.25) is 0 Å². The molecule has 11 heteroatoms. The number of thioether (sulfide) groups is 1. The summed E-state index contributed by atoms with van der Waals surface area (Å²) in [5.74, 6) is 0.437. The van der Waals surface area contributed by atoms with E-state index in [1.54, 1.807) is 0 Å². The van der Waals surface area contributed by atoms with Crippen LogP contribution in [-0.4, -0.2) is 30.7 Å². The maximum Gasteiger partial charge on any atom is 0.333 e. The fraction of sp³-hybridized carbons (Fsp3) is 0.0909. The Hall–Kier alpha value is -1.85. The maximum atomic E-state index is 11.8. The summed E-state index contributed by atoms with van der Waals surface area (Å²) in [5, 5.41) is 11.0. The van der Waals surface area contributed by atoms with E-state index in [0.29, 0.717) is 16.2 Å². The van der Waals surface area contributed by atoms with Gasteiger partial charge >= 0.3 is 5.69 Å². The van der Waals surface area contributed by atoms with E-state index in [1.165, 1.54) is 40.2 Å².